The normalized spacial score (nSPS) is 14.5. The zero-order valence-corrected chi connectivity index (χ0v) is 12.6. The molecule has 1 aliphatic heterocycles. The van der Waals surface area contributed by atoms with Crippen LogP contribution in [0.1, 0.15) is 0 Å². The Balaban J connectivity index is 1.86. The second-order valence-electron chi connectivity index (χ2n) is 5.02. The minimum Gasteiger partial charge on any atom is -0.473 e. The Bertz CT molecular complexity index is 710. The van der Waals surface area contributed by atoms with E-state index >= 15 is 0 Å². The van der Waals surface area contributed by atoms with Crippen molar-refractivity contribution in [1.29, 1.82) is 0 Å². The summed E-state index contributed by atoms with van der Waals surface area (Å²) in [5.41, 5.74) is -1.70. The topological polar surface area (TPSA) is 61.8 Å². The third-order valence-corrected chi connectivity index (χ3v) is 3.40. The first-order valence-electron chi connectivity index (χ1n) is 7.26. The SMILES string of the molecule is O=C(Oc1ccccc1)C1(C(=O)Oc2ccccc2)C=COC=C1. The molecule has 0 saturated heterocycles. The van der Waals surface area contributed by atoms with E-state index in [9.17, 15) is 9.59 Å². The average molecular weight is 322 g/mol. The van der Waals surface area contributed by atoms with Crippen molar-refractivity contribution >= 4 is 11.9 Å². The first kappa shape index (κ1) is 15.6. The lowest BCUT2D eigenvalue weighted by Gasteiger charge is -2.24. The van der Waals surface area contributed by atoms with E-state index in [1.54, 1.807) is 60.7 Å². The Morgan fingerprint density at radius 1 is 0.708 bits per heavy atom. The Morgan fingerprint density at radius 2 is 1.12 bits per heavy atom. The van der Waals surface area contributed by atoms with E-state index in [1.807, 2.05) is 0 Å². The van der Waals surface area contributed by atoms with Crippen LogP contribution in [0.2, 0.25) is 0 Å². The number of esters is 2. The van der Waals surface area contributed by atoms with Crippen LogP contribution in [0.4, 0.5) is 0 Å². The minimum atomic E-state index is -1.70. The van der Waals surface area contributed by atoms with E-state index < -0.39 is 17.4 Å². The molecule has 0 bridgehead atoms. The summed E-state index contributed by atoms with van der Waals surface area (Å²) in [6.45, 7) is 0. The lowest BCUT2D eigenvalue weighted by atomic mass is 9.87. The van der Waals surface area contributed by atoms with E-state index in [1.165, 1.54) is 24.7 Å². The predicted molar refractivity (Wildman–Crippen MR) is 86.0 cm³/mol. The maximum atomic E-state index is 12.6. The zero-order chi connectivity index (χ0) is 16.8. The second kappa shape index (κ2) is 6.83. The molecule has 0 radical (unpaired) electrons. The van der Waals surface area contributed by atoms with Gasteiger partial charge >= 0.3 is 11.9 Å². The van der Waals surface area contributed by atoms with Crippen LogP contribution in [0.25, 0.3) is 0 Å². The number of carbonyl (C=O) groups is 2. The van der Waals surface area contributed by atoms with Crippen molar-refractivity contribution in [3.63, 3.8) is 0 Å². The molecule has 0 amide bonds. The number of rotatable bonds is 4. The van der Waals surface area contributed by atoms with Crippen LogP contribution in [0.15, 0.2) is 85.3 Å². The molecular weight excluding hydrogens is 308 g/mol. The maximum Gasteiger partial charge on any atom is 0.337 e. The van der Waals surface area contributed by atoms with E-state index in [-0.39, 0.29) is 0 Å². The van der Waals surface area contributed by atoms with Gasteiger partial charge in [-0.1, -0.05) is 36.4 Å². The van der Waals surface area contributed by atoms with E-state index in [0.29, 0.717) is 11.5 Å². The van der Waals surface area contributed by atoms with Crippen molar-refractivity contribution in [2.45, 2.75) is 0 Å². The fourth-order valence-electron chi connectivity index (χ4n) is 2.11. The third-order valence-electron chi connectivity index (χ3n) is 3.40. The van der Waals surface area contributed by atoms with Crippen molar-refractivity contribution in [2.75, 3.05) is 0 Å². The molecule has 0 N–H and O–H groups in total. The van der Waals surface area contributed by atoms with Crippen LogP contribution < -0.4 is 9.47 Å². The molecule has 0 fully saturated rings. The monoisotopic (exact) mass is 322 g/mol. The molecule has 5 nitrogen and oxygen atoms in total. The van der Waals surface area contributed by atoms with Crippen molar-refractivity contribution in [2.24, 2.45) is 5.41 Å². The summed E-state index contributed by atoms with van der Waals surface area (Å²) in [6.07, 6.45) is 5.12. The van der Waals surface area contributed by atoms with E-state index in [4.69, 9.17) is 14.2 Å². The van der Waals surface area contributed by atoms with E-state index in [2.05, 4.69) is 0 Å². The average Bonchev–Trinajstić information content (AvgIpc) is 2.64. The molecule has 2 aromatic carbocycles. The highest BCUT2D eigenvalue weighted by Crippen LogP contribution is 2.30. The third kappa shape index (κ3) is 3.20. The summed E-state index contributed by atoms with van der Waals surface area (Å²) in [5, 5.41) is 0. The number of benzene rings is 2. The van der Waals surface area contributed by atoms with Gasteiger partial charge in [0.2, 0.25) is 5.41 Å². The second-order valence-corrected chi connectivity index (χ2v) is 5.02. The largest absolute Gasteiger partial charge is 0.473 e. The van der Waals surface area contributed by atoms with Crippen LogP contribution in [0.5, 0.6) is 11.5 Å². The van der Waals surface area contributed by atoms with Crippen molar-refractivity contribution < 1.29 is 23.8 Å². The maximum absolute atomic E-state index is 12.6. The number of ether oxygens (including phenoxy) is 3. The van der Waals surface area contributed by atoms with E-state index in [0.717, 1.165) is 0 Å². The Labute approximate surface area is 138 Å². The summed E-state index contributed by atoms with van der Waals surface area (Å²) in [6, 6.07) is 17.0. The quantitative estimate of drug-likeness (QED) is 0.491. The van der Waals surface area contributed by atoms with Gasteiger partial charge in [-0.3, -0.25) is 0 Å². The predicted octanol–water partition coefficient (Wildman–Crippen LogP) is 3.24. The van der Waals surface area contributed by atoms with Gasteiger partial charge in [-0.25, -0.2) is 9.59 Å². The van der Waals surface area contributed by atoms with Crippen LogP contribution in [-0.2, 0) is 14.3 Å². The van der Waals surface area contributed by atoms with Crippen molar-refractivity contribution in [3.8, 4) is 11.5 Å². The summed E-state index contributed by atoms with van der Waals surface area (Å²) in [5.74, 6) is -0.874. The molecule has 2 aromatic rings. The summed E-state index contributed by atoms with van der Waals surface area (Å²) in [7, 11) is 0. The molecule has 1 aliphatic rings. The molecule has 0 unspecified atom stereocenters. The Kier molecular flexibility index (Phi) is 4.43. The van der Waals surface area contributed by atoms with Crippen LogP contribution in [0, 0.1) is 5.41 Å². The number of hydrogen-bond donors (Lipinski definition) is 0. The first-order chi connectivity index (χ1) is 11.7. The highest BCUT2D eigenvalue weighted by Gasteiger charge is 2.47. The smallest absolute Gasteiger partial charge is 0.337 e. The molecule has 0 aliphatic carbocycles. The number of hydrogen-bond acceptors (Lipinski definition) is 5. The molecule has 0 aromatic heterocycles. The number of para-hydroxylation sites is 2. The molecule has 0 saturated carbocycles. The zero-order valence-electron chi connectivity index (χ0n) is 12.6. The lowest BCUT2D eigenvalue weighted by molar-refractivity contribution is -0.154. The van der Waals surface area contributed by atoms with Gasteiger partial charge in [-0.05, 0) is 36.4 Å². The highest BCUT2D eigenvalue weighted by atomic mass is 16.6. The Morgan fingerprint density at radius 3 is 1.54 bits per heavy atom. The van der Waals surface area contributed by atoms with Crippen molar-refractivity contribution in [1.82, 2.24) is 0 Å². The first-order valence-corrected chi connectivity index (χ1v) is 7.26. The van der Waals surface area contributed by atoms with Gasteiger partial charge < -0.3 is 14.2 Å². The summed E-state index contributed by atoms with van der Waals surface area (Å²) >= 11 is 0. The van der Waals surface area contributed by atoms with Crippen LogP contribution >= 0.6 is 0 Å². The van der Waals surface area contributed by atoms with Gasteiger partial charge in [0, 0.05) is 0 Å². The molecule has 5 heteroatoms. The van der Waals surface area contributed by atoms with Gasteiger partial charge in [0.25, 0.3) is 0 Å². The molecular formula is C19H14O5. The fraction of sp³-hybridized carbons (Fsp3) is 0.0526. The Hall–Kier alpha value is -3.34. The fourth-order valence-corrected chi connectivity index (χ4v) is 2.11. The standard InChI is InChI=1S/C19H14O5/c20-17(23-15-7-3-1-4-8-15)19(11-13-22-14-12-19)18(21)24-16-9-5-2-6-10-16/h1-14H. The lowest BCUT2D eigenvalue weighted by Crippen LogP contribution is -2.42. The van der Waals surface area contributed by atoms with Gasteiger partial charge in [-0.2, -0.15) is 0 Å². The van der Waals surface area contributed by atoms with Crippen LogP contribution in [0.3, 0.4) is 0 Å². The molecule has 120 valence electrons. The highest BCUT2D eigenvalue weighted by molar-refractivity contribution is 6.06. The summed E-state index contributed by atoms with van der Waals surface area (Å²) in [4.78, 5) is 25.3. The summed E-state index contributed by atoms with van der Waals surface area (Å²) < 4.78 is 15.6. The van der Waals surface area contributed by atoms with Gasteiger partial charge in [0.1, 0.15) is 11.5 Å². The molecule has 24 heavy (non-hydrogen) atoms. The molecule has 0 atom stereocenters. The molecule has 1 heterocycles. The molecule has 3 rings (SSSR count). The van der Waals surface area contributed by atoms with Crippen LogP contribution in [-0.4, -0.2) is 11.9 Å². The van der Waals surface area contributed by atoms with Gasteiger partial charge in [0.05, 0.1) is 12.5 Å². The minimum absolute atomic E-state index is 0.336. The van der Waals surface area contributed by atoms with Gasteiger partial charge in [0.15, 0.2) is 0 Å². The molecule has 0 spiro atoms. The van der Waals surface area contributed by atoms with Gasteiger partial charge in [-0.15, -0.1) is 0 Å². The number of carbonyl (C=O) groups excluding carboxylic acids is 2. The van der Waals surface area contributed by atoms with Crippen molar-refractivity contribution in [3.05, 3.63) is 85.3 Å².